The summed E-state index contributed by atoms with van der Waals surface area (Å²) in [5.41, 5.74) is 0. The standard InChI is InChI=1S/C7H13NO3/c1-11-7(10)6-4-5(9)2-3-8-6/h5-6,8-9H,2-4H2,1H3/t5?,6-/m0/s1. The maximum Gasteiger partial charge on any atom is 0.322 e. The van der Waals surface area contributed by atoms with E-state index in [1.807, 2.05) is 0 Å². The van der Waals surface area contributed by atoms with Gasteiger partial charge in [-0.15, -0.1) is 0 Å². The fourth-order valence-corrected chi connectivity index (χ4v) is 1.22. The molecule has 1 unspecified atom stereocenters. The number of aliphatic hydroxyl groups is 1. The Bertz CT molecular complexity index is 149. The smallest absolute Gasteiger partial charge is 0.322 e. The Balaban J connectivity index is 2.39. The van der Waals surface area contributed by atoms with E-state index < -0.39 is 0 Å². The molecule has 1 fully saturated rings. The molecule has 11 heavy (non-hydrogen) atoms. The van der Waals surface area contributed by atoms with Crippen LogP contribution in [-0.2, 0) is 9.53 Å². The zero-order chi connectivity index (χ0) is 8.27. The van der Waals surface area contributed by atoms with Crippen LogP contribution in [0.3, 0.4) is 0 Å². The Morgan fingerprint density at radius 3 is 3.00 bits per heavy atom. The van der Waals surface area contributed by atoms with E-state index in [0.717, 1.165) is 0 Å². The maximum absolute atomic E-state index is 10.9. The lowest BCUT2D eigenvalue weighted by atomic mass is 10.0. The van der Waals surface area contributed by atoms with Crippen molar-refractivity contribution >= 4 is 5.97 Å². The van der Waals surface area contributed by atoms with E-state index in [-0.39, 0.29) is 18.1 Å². The van der Waals surface area contributed by atoms with Gasteiger partial charge in [0.05, 0.1) is 13.2 Å². The van der Waals surface area contributed by atoms with E-state index in [1.165, 1.54) is 7.11 Å². The molecule has 4 nitrogen and oxygen atoms in total. The third-order valence-corrected chi connectivity index (χ3v) is 1.86. The Morgan fingerprint density at radius 1 is 1.73 bits per heavy atom. The van der Waals surface area contributed by atoms with Gasteiger partial charge in [0.2, 0.25) is 0 Å². The molecule has 0 saturated carbocycles. The first-order valence-electron chi connectivity index (χ1n) is 3.73. The minimum Gasteiger partial charge on any atom is -0.468 e. The van der Waals surface area contributed by atoms with Crippen LogP contribution in [0.5, 0.6) is 0 Å². The van der Waals surface area contributed by atoms with E-state index in [9.17, 15) is 9.90 Å². The molecule has 2 atom stereocenters. The van der Waals surface area contributed by atoms with Crippen molar-refractivity contribution in [2.45, 2.75) is 25.0 Å². The van der Waals surface area contributed by atoms with Crippen LogP contribution in [0, 0.1) is 0 Å². The predicted molar refractivity (Wildman–Crippen MR) is 39.0 cm³/mol. The first kappa shape index (κ1) is 8.49. The van der Waals surface area contributed by atoms with Crippen molar-refractivity contribution in [3.05, 3.63) is 0 Å². The highest BCUT2D eigenvalue weighted by molar-refractivity contribution is 5.75. The number of rotatable bonds is 1. The molecule has 0 radical (unpaired) electrons. The molecule has 2 N–H and O–H groups in total. The number of carbonyl (C=O) groups excluding carboxylic acids is 1. The monoisotopic (exact) mass is 159 g/mol. The lowest BCUT2D eigenvalue weighted by Crippen LogP contribution is -2.45. The Kier molecular flexibility index (Phi) is 2.84. The number of carbonyl (C=O) groups is 1. The largest absolute Gasteiger partial charge is 0.468 e. The molecule has 0 bridgehead atoms. The number of piperidine rings is 1. The number of hydrogen-bond acceptors (Lipinski definition) is 4. The summed E-state index contributed by atoms with van der Waals surface area (Å²) in [6.07, 6.45) is 0.820. The topological polar surface area (TPSA) is 58.6 Å². The number of aliphatic hydroxyl groups excluding tert-OH is 1. The zero-order valence-corrected chi connectivity index (χ0v) is 6.54. The van der Waals surface area contributed by atoms with Gasteiger partial charge < -0.3 is 15.2 Å². The van der Waals surface area contributed by atoms with Crippen molar-refractivity contribution in [2.24, 2.45) is 0 Å². The predicted octanol–water partition coefficient (Wildman–Crippen LogP) is -0.728. The molecule has 1 rings (SSSR count). The summed E-state index contributed by atoms with van der Waals surface area (Å²) in [5, 5.41) is 12.1. The molecule has 1 heterocycles. The van der Waals surface area contributed by atoms with Gasteiger partial charge in [0.15, 0.2) is 0 Å². The van der Waals surface area contributed by atoms with Crippen LogP contribution in [-0.4, -0.2) is 36.9 Å². The molecule has 1 aliphatic heterocycles. The minimum absolute atomic E-state index is 0.288. The third-order valence-electron chi connectivity index (χ3n) is 1.86. The molecule has 0 spiro atoms. The first-order chi connectivity index (χ1) is 5.24. The summed E-state index contributed by atoms with van der Waals surface area (Å²) in [7, 11) is 1.35. The van der Waals surface area contributed by atoms with Crippen LogP contribution in [0.4, 0.5) is 0 Å². The Labute approximate surface area is 65.5 Å². The normalized spacial score (nSPS) is 31.5. The third kappa shape index (κ3) is 2.17. The lowest BCUT2D eigenvalue weighted by molar-refractivity contribution is -0.144. The second-order valence-electron chi connectivity index (χ2n) is 2.71. The minimum atomic E-state index is -0.361. The summed E-state index contributed by atoms with van der Waals surface area (Å²) >= 11 is 0. The van der Waals surface area contributed by atoms with Crippen molar-refractivity contribution in [3.63, 3.8) is 0 Å². The van der Waals surface area contributed by atoms with Crippen molar-refractivity contribution < 1.29 is 14.6 Å². The van der Waals surface area contributed by atoms with Gasteiger partial charge in [0, 0.05) is 0 Å². The second-order valence-corrected chi connectivity index (χ2v) is 2.71. The van der Waals surface area contributed by atoms with E-state index in [4.69, 9.17) is 0 Å². The van der Waals surface area contributed by atoms with E-state index in [2.05, 4.69) is 10.1 Å². The quantitative estimate of drug-likeness (QED) is 0.495. The first-order valence-corrected chi connectivity index (χ1v) is 3.73. The molecule has 4 heteroatoms. The fourth-order valence-electron chi connectivity index (χ4n) is 1.22. The van der Waals surface area contributed by atoms with Crippen molar-refractivity contribution in [2.75, 3.05) is 13.7 Å². The Morgan fingerprint density at radius 2 is 2.45 bits per heavy atom. The summed E-state index contributed by atoms with van der Waals surface area (Å²) in [6, 6.07) is -0.316. The number of ether oxygens (including phenoxy) is 1. The van der Waals surface area contributed by atoms with Crippen LogP contribution in [0.2, 0.25) is 0 Å². The van der Waals surface area contributed by atoms with Gasteiger partial charge in [-0.2, -0.15) is 0 Å². The van der Waals surface area contributed by atoms with Crippen LogP contribution >= 0.6 is 0 Å². The van der Waals surface area contributed by atoms with Gasteiger partial charge in [-0.3, -0.25) is 4.79 Å². The van der Waals surface area contributed by atoms with Crippen molar-refractivity contribution in [1.29, 1.82) is 0 Å². The molecule has 1 aliphatic rings. The summed E-state index contributed by atoms with van der Waals surface area (Å²) in [4.78, 5) is 10.9. The number of nitrogens with one attached hydrogen (secondary N) is 1. The highest BCUT2D eigenvalue weighted by Crippen LogP contribution is 2.08. The molecule has 1 saturated heterocycles. The van der Waals surface area contributed by atoms with Crippen LogP contribution in [0.1, 0.15) is 12.8 Å². The van der Waals surface area contributed by atoms with Gasteiger partial charge in [-0.1, -0.05) is 0 Å². The van der Waals surface area contributed by atoms with Gasteiger partial charge in [-0.25, -0.2) is 0 Å². The summed E-state index contributed by atoms with van der Waals surface area (Å²) in [5.74, 6) is -0.288. The highest BCUT2D eigenvalue weighted by atomic mass is 16.5. The molecule has 64 valence electrons. The molecule has 0 aliphatic carbocycles. The van der Waals surface area contributed by atoms with E-state index in [0.29, 0.717) is 19.4 Å². The van der Waals surface area contributed by atoms with Crippen LogP contribution < -0.4 is 5.32 Å². The van der Waals surface area contributed by atoms with Crippen molar-refractivity contribution in [3.8, 4) is 0 Å². The average Bonchev–Trinajstić information content (AvgIpc) is 2.03. The van der Waals surface area contributed by atoms with Gasteiger partial charge in [-0.05, 0) is 19.4 Å². The van der Waals surface area contributed by atoms with E-state index >= 15 is 0 Å². The zero-order valence-electron chi connectivity index (χ0n) is 6.54. The fraction of sp³-hybridized carbons (Fsp3) is 0.857. The van der Waals surface area contributed by atoms with Crippen LogP contribution in [0.25, 0.3) is 0 Å². The molecule has 0 aromatic carbocycles. The maximum atomic E-state index is 10.9. The average molecular weight is 159 g/mol. The van der Waals surface area contributed by atoms with Gasteiger partial charge in [0.25, 0.3) is 0 Å². The molecular formula is C7H13NO3. The van der Waals surface area contributed by atoms with Gasteiger partial charge >= 0.3 is 5.97 Å². The highest BCUT2D eigenvalue weighted by Gasteiger charge is 2.25. The van der Waals surface area contributed by atoms with Crippen molar-refractivity contribution in [1.82, 2.24) is 5.32 Å². The summed E-state index contributed by atoms with van der Waals surface area (Å²) in [6.45, 7) is 0.681. The van der Waals surface area contributed by atoms with E-state index in [1.54, 1.807) is 0 Å². The van der Waals surface area contributed by atoms with Gasteiger partial charge in [0.1, 0.15) is 6.04 Å². The SMILES string of the molecule is COC(=O)[C@@H]1CC(O)CCN1. The number of hydrogen-bond donors (Lipinski definition) is 2. The summed E-state index contributed by atoms with van der Waals surface area (Å²) < 4.78 is 4.53. The molecule has 0 amide bonds. The van der Waals surface area contributed by atoms with Crippen LogP contribution in [0.15, 0.2) is 0 Å². The number of esters is 1. The molecule has 0 aromatic heterocycles. The molecular weight excluding hydrogens is 146 g/mol. The molecule has 0 aromatic rings. The number of methoxy groups -OCH3 is 1. The lowest BCUT2D eigenvalue weighted by Gasteiger charge is -2.24. The Hall–Kier alpha value is -0.610. The second kappa shape index (κ2) is 3.69.